The van der Waals surface area contributed by atoms with E-state index >= 15 is 0 Å². The van der Waals surface area contributed by atoms with Crippen LogP contribution in [0.25, 0.3) is 0 Å². The van der Waals surface area contributed by atoms with Crippen molar-refractivity contribution in [2.24, 2.45) is 28.8 Å². The lowest BCUT2D eigenvalue weighted by Crippen LogP contribution is -2.61. The summed E-state index contributed by atoms with van der Waals surface area (Å²) in [6.45, 7) is 16.3. The third-order valence-corrected chi connectivity index (χ3v) is 11.8. The predicted octanol–water partition coefficient (Wildman–Crippen LogP) is 1.66. The molecule has 0 bridgehead atoms. The Morgan fingerprint density at radius 2 is 1.49 bits per heavy atom. The van der Waals surface area contributed by atoms with E-state index in [1.54, 1.807) is 48.5 Å². The summed E-state index contributed by atoms with van der Waals surface area (Å²) in [7, 11) is 5.18. The summed E-state index contributed by atoms with van der Waals surface area (Å²) in [5, 5.41) is 71.3. The third kappa shape index (κ3) is 9.42. The van der Waals surface area contributed by atoms with E-state index in [9.17, 15) is 35.5 Å². The van der Waals surface area contributed by atoms with Crippen molar-refractivity contribution in [2.75, 3.05) is 21.2 Å². The molecule has 6 N–H and O–H groups in total. The molecule has 15 heteroatoms. The minimum atomic E-state index is -1.98. The van der Waals surface area contributed by atoms with Crippen molar-refractivity contribution in [1.82, 2.24) is 4.90 Å². The molecule has 0 amide bonds. The molecule has 0 aromatic rings. The van der Waals surface area contributed by atoms with Crippen molar-refractivity contribution in [2.45, 2.75) is 173 Å². The molecule has 0 saturated carbocycles. The summed E-state index contributed by atoms with van der Waals surface area (Å²) >= 11 is 0. The first kappa shape index (κ1) is 43.9. The molecule has 3 rings (SSSR count). The van der Waals surface area contributed by atoms with Crippen molar-refractivity contribution in [3.63, 3.8) is 0 Å². The molecule has 3 saturated heterocycles. The molecular formula is C36H66N2O13. The minimum Gasteiger partial charge on any atom is -0.459 e. The Balaban J connectivity index is 2.19. The van der Waals surface area contributed by atoms with Crippen LogP contribution in [0.4, 0.5) is 0 Å². The van der Waals surface area contributed by atoms with Crippen molar-refractivity contribution < 1.29 is 64.0 Å². The Morgan fingerprint density at radius 1 is 0.882 bits per heavy atom. The number of carbonyl (C=O) groups is 1. The number of rotatable bonds is 6. The molecule has 8 unspecified atom stereocenters. The van der Waals surface area contributed by atoms with E-state index < -0.39 is 102 Å². The van der Waals surface area contributed by atoms with Crippen LogP contribution in [0.2, 0.25) is 0 Å². The molecule has 0 radical (unpaired) electrons. The van der Waals surface area contributed by atoms with E-state index in [2.05, 4.69) is 5.16 Å². The first-order valence-corrected chi connectivity index (χ1v) is 18.2. The van der Waals surface area contributed by atoms with Gasteiger partial charge in [-0.1, -0.05) is 25.9 Å². The second kappa shape index (κ2) is 16.9. The van der Waals surface area contributed by atoms with Gasteiger partial charge in [0.15, 0.2) is 12.6 Å². The fraction of sp³-hybridized carbons (Fsp3) is 0.944. The average molecular weight is 735 g/mol. The van der Waals surface area contributed by atoms with E-state index in [0.717, 1.165) is 0 Å². The fourth-order valence-corrected chi connectivity index (χ4v) is 8.20. The molecule has 51 heavy (non-hydrogen) atoms. The van der Waals surface area contributed by atoms with Crippen LogP contribution in [0.15, 0.2) is 5.16 Å². The minimum absolute atomic E-state index is 0.0674. The summed E-state index contributed by atoms with van der Waals surface area (Å²) in [5.74, 6) is -4.26. The number of esters is 1. The summed E-state index contributed by atoms with van der Waals surface area (Å²) in [6.07, 6.45) is -9.71. The summed E-state index contributed by atoms with van der Waals surface area (Å²) in [6, 6.07) is -0.322. The smallest absolute Gasteiger partial charge is 0.311 e. The molecule has 0 aromatic heterocycles. The Hall–Kier alpha value is -1.50. The molecule has 298 valence electrons. The van der Waals surface area contributed by atoms with Crippen molar-refractivity contribution in [3.05, 3.63) is 0 Å². The van der Waals surface area contributed by atoms with Gasteiger partial charge in [0, 0.05) is 37.3 Å². The maximum atomic E-state index is 14.0. The molecule has 18 atom stereocenters. The SMILES string of the molecule is COC1(C)CC(O[C@H]2[C@H](C)[C@@H](OC3OC(C)CC(N(C)C)C3O)[C@@](C)(O)C[C@@H](C)/C(=N/O)[C@H](C)[C@@H](O)[C@](C)(O)[C@@H](C)OC(=O)[C@@H]2C)OC(C)C1O. The summed E-state index contributed by atoms with van der Waals surface area (Å²) < 4.78 is 37.0. The van der Waals surface area contributed by atoms with Gasteiger partial charge in [-0.15, -0.1) is 0 Å². The van der Waals surface area contributed by atoms with Crippen LogP contribution in [0.5, 0.6) is 0 Å². The van der Waals surface area contributed by atoms with Crippen molar-refractivity contribution in [1.29, 1.82) is 0 Å². The average Bonchev–Trinajstić information content (AvgIpc) is 3.04. The van der Waals surface area contributed by atoms with Crippen LogP contribution >= 0.6 is 0 Å². The number of hydrogen-bond acceptors (Lipinski definition) is 15. The van der Waals surface area contributed by atoms with Gasteiger partial charge < -0.3 is 64.1 Å². The highest BCUT2D eigenvalue weighted by Gasteiger charge is 2.53. The van der Waals surface area contributed by atoms with E-state index in [1.807, 2.05) is 25.9 Å². The Kier molecular flexibility index (Phi) is 14.5. The summed E-state index contributed by atoms with van der Waals surface area (Å²) in [4.78, 5) is 15.9. The lowest BCUT2D eigenvalue weighted by molar-refractivity contribution is -0.317. The molecule has 3 aliphatic rings. The van der Waals surface area contributed by atoms with Gasteiger partial charge in [0.2, 0.25) is 0 Å². The van der Waals surface area contributed by atoms with E-state index in [4.69, 9.17) is 28.4 Å². The van der Waals surface area contributed by atoms with Crippen molar-refractivity contribution >= 4 is 11.7 Å². The second-order valence-corrected chi connectivity index (χ2v) is 16.3. The second-order valence-electron chi connectivity index (χ2n) is 16.3. The lowest BCUT2D eigenvalue weighted by atomic mass is 9.74. The molecule has 15 nitrogen and oxygen atoms in total. The van der Waals surface area contributed by atoms with Crippen LogP contribution in [0.1, 0.15) is 88.5 Å². The number of hydrogen-bond donors (Lipinski definition) is 6. The molecule has 0 aliphatic carbocycles. The van der Waals surface area contributed by atoms with E-state index in [1.165, 1.54) is 21.0 Å². The van der Waals surface area contributed by atoms with E-state index in [-0.39, 0.29) is 30.7 Å². The van der Waals surface area contributed by atoms with Crippen LogP contribution in [0.3, 0.4) is 0 Å². The molecule has 0 spiro atoms. The first-order valence-electron chi connectivity index (χ1n) is 18.2. The zero-order valence-corrected chi connectivity index (χ0v) is 32.7. The quantitative estimate of drug-likeness (QED) is 0.130. The highest BCUT2D eigenvalue weighted by molar-refractivity contribution is 5.88. The Morgan fingerprint density at radius 3 is 2.04 bits per heavy atom. The zero-order valence-electron chi connectivity index (χ0n) is 32.7. The van der Waals surface area contributed by atoms with Gasteiger partial charge in [-0.25, -0.2) is 0 Å². The fourth-order valence-electron chi connectivity index (χ4n) is 8.20. The summed E-state index contributed by atoms with van der Waals surface area (Å²) in [5.41, 5.74) is -4.69. The number of methoxy groups -OCH3 is 1. The highest BCUT2D eigenvalue weighted by atomic mass is 16.7. The normalized spacial score (nSPS) is 50.5. The van der Waals surface area contributed by atoms with Gasteiger partial charge in [-0.05, 0) is 75.4 Å². The maximum Gasteiger partial charge on any atom is 0.311 e. The molecule has 3 heterocycles. The molecule has 0 aromatic carbocycles. The molecular weight excluding hydrogens is 668 g/mol. The van der Waals surface area contributed by atoms with Gasteiger partial charge in [0.25, 0.3) is 0 Å². The monoisotopic (exact) mass is 734 g/mol. The van der Waals surface area contributed by atoms with Crippen molar-refractivity contribution in [3.8, 4) is 0 Å². The lowest BCUT2D eigenvalue weighted by Gasteiger charge is -2.49. The highest BCUT2D eigenvalue weighted by Crippen LogP contribution is 2.40. The van der Waals surface area contributed by atoms with Gasteiger partial charge in [0.1, 0.15) is 23.9 Å². The predicted molar refractivity (Wildman–Crippen MR) is 186 cm³/mol. The number of nitrogens with zero attached hydrogens (tertiary/aromatic N) is 2. The van der Waals surface area contributed by atoms with Gasteiger partial charge in [-0.3, -0.25) is 4.79 Å². The van der Waals surface area contributed by atoms with Gasteiger partial charge in [-0.2, -0.15) is 0 Å². The number of oxime groups is 1. The number of cyclic esters (lactones) is 1. The molecule has 3 fully saturated rings. The van der Waals surface area contributed by atoms with E-state index in [0.29, 0.717) is 6.42 Å². The Bertz CT molecular complexity index is 1190. The zero-order chi connectivity index (χ0) is 39.0. The number of carbonyl (C=O) groups excluding carboxylic acids is 1. The number of ether oxygens (including phenoxy) is 6. The number of aliphatic hydroxyl groups is 5. The van der Waals surface area contributed by atoms with Gasteiger partial charge in [0.05, 0.1) is 53.4 Å². The van der Waals surface area contributed by atoms with Crippen LogP contribution in [-0.2, 0) is 33.2 Å². The maximum absolute atomic E-state index is 14.0. The Labute approximate surface area is 303 Å². The number of aliphatic hydroxyl groups excluding tert-OH is 3. The standard InChI is InChI=1S/C36H66N2O13/c1-17-15-34(8,43)31(51-33-27(39)24(38(11)12)14-18(2)47-33)20(4)28(50-25-16-35(9,46-13)30(41)22(6)48-25)21(5)32(42)49-23(7)36(10,44)29(40)19(3)26(17)37-45/h17-25,27-31,33,39-41,43-45H,14-16H2,1-13H3/b37-26-/t17-,18?,19+,20+,21-,22?,23-,24?,25?,27?,28+,29-,30?,31-,33?,34+,35?,36-/m1/s1. The van der Waals surface area contributed by atoms with Gasteiger partial charge >= 0.3 is 5.97 Å². The van der Waals surface area contributed by atoms with Crippen LogP contribution in [-0.4, -0.2) is 153 Å². The van der Waals surface area contributed by atoms with Crippen LogP contribution in [0, 0.1) is 23.7 Å². The van der Waals surface area contributed by atoms with Crippen LogP contribution < -0.4 is 0 Å². The number of likely N-dealkylation sites (N-methyl/N-ethyl adjacent to an activating group) is 1. The topological polar surface area (TPSA) is 209 Å². The molecule has 3 aliphatic heterocycles. The third-order valence-electron chi connectivity index (χ3n) is 11.8. The first-order chi connectivity index (χ1) is 23.4. The largest absolute Gasteiger partial charge is 0.459 e.